The summed E-state index contributed by atoms with van der Waals surface area (Å²) in [6.45, 7) is 0.914. The number of hydrogen-bond acceptors (Lipinski definition) is 4. The maximum Gasteiger partial charge on any atom is 0.314 e. The maximum atomic E-state index is 12.6. The van der Waals surface area contributed by atoms with Gasteiger partial charge in [-0.15, -0.1) is 11.8 Å². The van der Waals surface area contributed by atoms with E-state index in [1.165, 1.54) is 11.8 Å². The molecule has 5 nitrogen and oxygen atoms in total. The first-order valence-electron chi connectivity index (χ1n) is 8.89. The van der Waals surface area contributed by atoms with Crippen molar-refractivity contribution >= 4 is 23.6 Å². The Morgan fingerprint density at radius 2 is 1.81 bits per heavy atom. The second-order valence-corrected chi connectivity index (χ2v) is 7.65. The van der Waals surface area contributed by atoms with Crippen molar-refractivity contribution in [3.8, 4) is 5.75 Å². The number of aliphatic carboxylic acids is 1. The van der Waals surface area contributed by atoms with Gasteiger partial charge in [-0.3, -0.25) is 9.59 Å². The van der Waals surface area contributed by atoms with Crippen LogP contribution in [0.3, 0.4) is 0 Å². The summed E-state index contributed by atoms with van der Waals surface area (Å²) in [5.41, 5.74) is -0.0896. The van der Waals surface area contributed by atoms with Crippen LogP contribution in [-0.2, 0) is 15.0 Å². The average molecular weight is 385 g/mol. The molecule has 1 amide bonds. The number of thioether (sulfide) groups is 1. The van der Waals surface area contributed by atoms with Crippen molar-refractivity contribution < 1.29 is 19.4 Å². The highest BCUT2D eigenvalue weighted by molar-refractivity contribution is 8.00. The molecule has 0 radical (unpaired) electrons. The third kappa shape index (κ3) is 4.27. The molecule has 1 heterocycles. The van der Waals surface area contributed by atoms with E-state index in [-0.39, 0.29) is 5.91 Å². The highest BCUT2D eigenvalue weighted by Crippen LogP contribution is 2.36. The molecule has 2 aromatic carbocycles. The van der Waals surface area contributed by atoms with E-state index in [9.17, 15) is 14.7 Å². The fraction of sp³-hybridized carbons (Fsp3) is 0.333. The van der Waals surface area contributed by atoms with Crippen molar-refractivity contribution in [3.05, 3.63) is 60.2 Å². The zero-order valence-electron chi connectivity index (χ0n) is 15.3. The minimum Gasteiger partial charge on any atom is -0.497 e. The summed E-state index contributed by atoms with van der Waals surface area (Å²) in [4.78, 5) is 27.3. The number of nitrogens with zero attached hydrogens (tertiary/aromatic N) is 1. The summed E-state index contributed by atoms with van der Waals surface area (Å²) in [6.07, 6.45) is 0.865. The molecule has 0 saturated carbocycles. The van der Waals surface area contributed by atoms with Crippen molar-refractivity contribution in [2.24, 2.45) is 0 Å². The Bertz CT molecular complexity index is 801. The Morgan fingerprint density at radius 1 is 1.11 bits per heavy atom. The molecular weight excluding hydrogens is 362 g/mol. The molecule has 1 aliphatic rings. The minimum absolute atomic E-state index is 0.0369. The van der Waals surface area contributed by atoms with E-state index in [1.807, 2.05) is 54.6 Å². The van der Waals surface area contributed by atoms with Crippen LogP contribution in [0.2, 0.25) is 0 Å². The Labute approximate surface area is 163 Å². The lowest BCUT2D eigenvalue weighted by atomic mass is 9.73. The quantitative estimate of drug-likeness (QED) is 0.772. The summed E-state index contributed by atoms with van der Waals surface area (Å²) < 4.78 is 5.20. The molecule has 6 heteroatoms. The molecule has 0 bridgehead atoms. The van der Waals surface area contributed by atoms with Crippen LogP contribution < -0.4 is 4.74 Å². The highest BCUT2D eigenvalue weighted by Gasteiger charge is 2.43. The lowest BCUT2D eigenvalue weighted by Crippen LogP contribution is -2.49. The number of carbonyl (C=O) groups excluding carboxylic acids is 1. The van der Waals surface area contributed by atoms with Crippen molar-refractivity contribution in [1.29, 1.82) is 0 Å². The molecule has 27 heavy (non-hydrogen) atoms. The van der Waals surface area contributed by atoms with Crippen LogP contribution in [0.25, 0.3) is 0 Å². The van der Waals surface area contributed by atoms with Crippen molar-refractivity contribution in [2.45, 2.75) is 23.2 Å². The van der Waals surface area contributed by atoms with Gasteiger partial charge in [0.25, 0.3) is 0 Å². The SMILES string of the molecule is COc1cccc(SCC(=O)N2CCC(C(=O)O)(c3ccccc3)CC2)c1. The van der Waals surface area contributed by atoms with Gasteiger partial charge in [-0.1, -0.05) is 36.4 Å². The largest absolute Gasteiger partial charge is 0.497 e. The number of carboxylic acid groups (broad SMARTS) is 1. The molecule has 0 unspecified atom stereocenters. The fourth-order valence-electron chi connectivity index (χ4n) is 3.45. The predicted octanol–water partition coefficient (Wildman–Crippen LogP) is 3.43. The number of rotatable bonds is 6. The Balaban J connectivity index is 1.60. The Morgan fingerprint density at radius 3 is 2.44 bits per heavy atom. The number of piperidine rings is 1. The second-order valence-electron chi connectivity index (χ2n) is 6.60. The molecule has 0 aliphatic carbocycles. The second kappa shape index (κ2) is 8.48. The standard InChI is InChI=1S/C21H23NO4S/c1-26-17-8-5-9-18(14-17)27-15-19(23)22-12-10-21(11-13-22,20(24)25)16-6-3-2-4-7-16/h2-9,14H,10-13,15H2,1H3,(H,24,25). The summed E-state index contributed by atoms with van der Waals surface area (Å²) in [5.74, 6) is 0.319. The van der Waals surface area contributed by atoms with Gasteiger partial charge >= 0.3 is 5.97 Å². The molecule has 2 aromatic rings. The molecule has 0 atom stereocenters. The Hall–Kier alpha value is -2.47. The highest BCUT2D eigenvalue weighted by atomic mass is 32.2. The van der Waals surface area contributed by atoms with Gasteiger partial charge in [0.1, 0.15) is 5.75 Å². The van der Waals surface area contributed by atoms with Gasteiger partial charge < -0.3 is 14.7 Å². The topological polar surface area (TPSA) is 66.8 Å². The number of carbonyl (C=O) groups is 2. The smallest absolute Gasteiger partial charge is 0.314 e. The molecule has 1 saturated heterocycles. The number of hydrogen-bond donors (Lipinski definition) is 1. The van der Waals surface area contributed by atoms with Gasteiger partial charge in [-0.25, -0.2) is 0 Å². The van der Waals surface area contributed by atoms with E-state index in [0.717, 1.165) is 16.2 Å². The van der Waals surface area contributed by atoms with Crippen molar-refractivity contribution in [3.63, 3.8) is 0 Å². The number of amides is 1. The first-order chi connectivity index (χ1) is 13.0. The molecular formula is C21H23NO4S. The third-order valence-corrected chi connectivity index (χ3v) is 6.09. The molecule has 0 aromatic heterocycles. The number of likely N-dealkylation sites (tertiary alicyclic amines) is 1. The third-order valence-electron chi connectivity index (χ3n) is 5.11. The lowest BCUT2D eigenvalue weighted by Gasteiger charge is -2.39. The van der Waals surface area contributed by atoms with Gasteiger partial charge in [-0.05, 0) is 36.6 Å². The molecule has 142 valence electrons. The van der Waals surface area contributed by atoms with Crippen LogP contribution in [-0.4, -0.2) is 47.8 Å². The number of benzene rings is 2. The van der Waals surface area contributed by atoms with Gasteiger partial charge in [0.05, 0.1) is 18.3 Å². The van der Waals surface area contributed by atoms with E-state index in [0.29, 0.717) is 31.7 Å². The first-order valence-corrected chi connectivity index (χ1v) is 9.87. The van der Waals surface area contributed by atoms with Gasteiger partial charge in [-0.2, -0.15) is 0 Å². The van der Waals surface area contributed by atoms with E-state index >= 15 is 0 Å². The van der Waals surface area contributed by atoms with Crippen LogP contribution in [0.5, 0.6) is 5.75 Å². The molecule has 1 N–H and O–H groups in total. The van der Waals surface area contributed by atoms with Crippen molar-refractivity contribution in [2.75, 3.05) is 26.0 Å². The Kier molecular flexibility index (Phi) is 6.06. The number of ether oxygens (including phenoxy) is 1. The van der Waals surface area contributed by atoms with Crippen LogP contribution >= 0.6 is 11.8 Å². The van der Waals surface area contributed by atoms with Gasteiger partial charge in [0.2, 0.25) is 5.91 Å². The summed E-state index contributed by atoms with van der Waals surface area (Å²) in [6, 6.07) is 17.0. The van der Waals surface area contributed by atoms with E-state index in [2.05, 4.69) is 0 Å². The fourth-order valence-corrected chi connectivity index (χ4v) is 4.30. The summed E-state index contributed by atoms with van der Waals surface area (Å²) in [7, 11) is 1.62. The normalized spacial score (nSPS) is 16.0. The maximum absolute atomic E-state index is 12.6. The first kappa shape index (κ1) is 19.3. The molecule has 1 fully saturated rings. The molecule has 3 rings (SSSR count). The summed E-state index contributed by atoms with van der Waals surface area (Å²) >= 11 is 1.47. The number of carboxylic acids is 1. The minimum atomic E-state index is -0.905. The van der Waals surface area contributed by atoms with E-state index in [4.69, 9.17) is 4.74 Å². The predicted molar refractivity (Wildman–Crippen MR) is 105 cm³/mol. The van der Waals surface area contributed by atoms with E-state index in [1.54, 1.807) is 12.0 Å². The van der Waals surface area contributed by atoms with Gasteiger partial charge in [0.15, 0.2) is 0 Å². The zero-order valence-corrected chi connectivity index (χ0v) is 16.1. The molecule has 0 spiro atoms. The zero-order chi connectivity index (χ0) is 19.3. The van der Waals surface area contributed by atoms with Crippen LogP contribution in [0.4, 0.5) is 0 Å². The van der Waals surface area contributed by atoms with Crippen molar-refractivity contribution in [1.82, 2.24) is 4.90 Å². The average Bonchev–Trinajstić information content (AvgIpc) is 2.72. The van der Waals surface area contributed by atoms with E-state index < -0.39 is 11.4 Å². The summed E-state index contributed by atoms with van der Waals surface area (Å²) in [5, 5.41) is 9.85. The molecule has 1 aliphatic heterocycles. The lowest BCUT2D eigenvalue weighted by molar-refractivity contribution is -0.147. The van der Waals surface area contributed by atoms with Gasteiger partial charge in [0, 0.05) is 18.0 Å². The number of methoxy groups -OCH3 is 1. The van der Waals surface area contributed by atoms with Crippen LogP contribution in [0.15, 0.2) is 59.5 Å². The van der Waals surface area contributed by atoms with Crippen LogP contribution in [0, 0.1) is 0 Å². The van der Waals surface area contributed by atoms with Crippen LogP contribution in [0.1, 0.15) is 18.4 Å². The monoisotopic (exact) mass is 385 g/mol.